The van der Waals surface area contributed by atoms with Gasteiger partial charge in [-0.25, -0.2) is 9.50 Å². The van der Waals surface area contributed by atoms with Crippen LogP contribution in [0.25, 0.3) is 4.96 Å². The molecule has 0 amide bonds. The van der Waals surface area contributed by atoms with Crippen LogP contribution in [0.2, 0.25) is 0 Å². The maximum atomic E-state index is 4.65. The van der Waals surface area contributed by atoms with Crippen molar-refractivity contribution in [1.82, 2.24) is 24.4 Å². The van der Waals surface area contributed by atoms with Gasteiger partial charge in [0, 0.05) is 24.2 Å². The van der Waals surface area contributed by atoms with Crippen molar-refractivity contribution in [1.29, 1.82) is 0 Å². The van der Waals surface area contributed by atoms with Gasteiger partial charge in [-0.3, -0.25) is 4.68 Å². The monoisotopic (exact) mass is 332 g/mol. The summed E-state index contributed by atoms with van der Waals surface area (Å²) in [6.45, 7) is 11.8. The van der Waals surface area contributed by atoms with Gasteiger partial charge in [0.2, 0.25) is 10.1 Å². The summed E-state index contributed by atoms with van der Waals surface area (Å²) in [5, 5.41) is 13.1. The zero-order chi connectivity index (χ0) is 16.6. The molecule has 0 unspecified atom stereocenters. The third kappa shape index (κ3) is 3.72. The molecule has 0 spiro atoms. The largest absolute Gasteiger partial charge is 0.313 e. The normalized spacial score (nSPS) is 12.4. The van der Waals surface area contributed by atoms with Gasteiger partial charge in [0.15, 0.2) is 5.82 Å². The number of imidazole rings is 1. The number of nitrogens with one attached hydrogen (secondary N) is 1. The summed E-state index contributed by atoms with van der Waals surface area (Å²) < 4.78 is 3.81. The number of rotatable bonds is 5. The van der Waals surface area contributed by atoms with Crippen LogP contribution in [-0.4, -0.2) is 24.4 Å². The predicted molar refractivity (Wildman–Crippen MR) is 94.5 cm³/mol. The Hall–Kier alpha value is -1.89. The molecule has 3 aromatic heterocycles. The number of anilines is 2. The minimum Gasteiger partial charge on any atom is -0.313 e. The van der Waals surface area contributed by atoms with E-state index in [1.165, 1.54) is 11.3 Å². The lowest BCUT2D eigenvalue weighted by atomic mass is 9.93. The van der Waals surface area contributed by atoms with Gasteiger partial charge in [-0.05, 0) is 12.3 Å². The lowest BCUT2D eigenvalue weighted by Gasteiger charge is -2.13. The van der Waals surface area contributed by atoms with E-state index in [4.69, 9.17) is 0 Å². The minimum atomic E-state index is 0.0379. The zero-order valence-electron chi connectivity index (χ0n) is 14.4. The Kier molecular flexibility index (Phi) is 4.14. The molecule has 3 heterocycles. The minimum absolute atomic E-state index is 0.0379. The van der Waals surface area contributed by atoms with Crippen molar-refractivity contribution in [2.45, 2.75) is 53.0 Å². The van der Waals surface area contributed by atoms with Crippen molar-refractivity contribution in [2.75, 3.05) is 5.32 Å². The van der Waals surface area contributed by atoms with E-state index in [-0.39, 0.29) is 5.41 Å². The fourth-order valence-electron chi connectivity index (χ4n) is 2.16. The highest BCUT2D eigenvalue weighted by Crippen LogP contribution is 2.26. The third-order valence-electron chi connectivity index (χ3n) is 3.62. The average Bonchev–Trinajstić information content (AvgIpc) is 3.09. The molecule has 7 heteroatoms. The molecule has 0 fully saturated rings. The topological polar surface area (TPSA) is 60.0 Å². The summed E-state index contributed by atoms with van der Waals surface area (Å²) in [5.41, 5.74) is 1.09. The molecular weight excluding hydrogens is 308 g/mol. The molecule has 0 saturated heterocycles. The van der Waals surface area contributed by atoms with Crippen LogP contribution >= 0.6 is 11.3 Å². The predicted octanol–water partition coefficient (Wildman–Crippen LogP) is 4.07. The Bertz CT molecular complexity index is 758. The number of nitrogens with zero attached hydrogens (tertiary/aromatic N) is 5. The van der Waals surface area contributed by atoms with E-state index in [9.17, 15) is 0 Å². The van der Waals surface area contributed by atoms with Gasteiger partial charge in [0.05, 0.1) is 11.9 Å². The van der Waals surface area contributed by atoms with Gasteiger partial charge in [0.25, 0.3) is 0 Å². The van der Waals surface area contributed by atoms with Crippen molar-refractivity contribution in [3.05, 3.63) is 24.2 Å². The highest BCUT2D eigenvalue weighted by atomic mass is 32.1. The quantitative estimate of drug-likeness (QED) is 0.765. The second kappa shape index (κ2) is 5.96. The fraction of sp³-hybridized carbons (Fsp3) is 0.562. The van der Waals surface area contributed by atoms with E-state index in [0.717, 1.165) is 34.6 Å². The summed E-state index contributed by atoms with van der Waals surface area (Å²) >= 11 is 1.54. The van der Waals surface area contributed by atoms with Crippen molar-refractivity contribution < 1.29 is 0 Å². The van der Waals surface area contributed by atoms with Crippen LogP contribution in [0.1, 0.15) is 46.7 Å². The standard InChI is InChI=1S/C16H24N6S/c1-11(2)6-8-21-9-7-13(19-21)18-14-20-22-10-12(16(3,4)5)17-15(22)23-14/h7,9-11H,6,8H2,1-5H3,(H,18,19,20). The second-order valence-electron chi connectivity index (χ2n) is 7.28. The van der Waals surface area contributed by atoms with Crippen molar-refractivity contribution >= 4 is 27.2 Å². The molecule has 0 aliphatic rings. The first-order valence-electron chi connectivity index (χ1n) is 7.98. The number of aryl methyl sites for hydroxylation is 1. The number of aromatic nitrogens is 5. The lowest BCUT2D eigenvalue weighted by molar-refractivity contribution is 0.488. The van der Waals surface area contributed by atoms with E-state index in [0.29, 0.717) is 5.92 Å². The molecular formula is C16H24N6S. The van der Waals surface area contributed by atoms with Gasteiger partial charge < -0.3 is 5.32 Å². The molecule has 0 aliphatic carbocycles. The molecule has 0 atom stereocenters. The van der Waals surface area contributed by atoms with Crippen LogP contribution in [0.15, 0.2) is 18.5 Å². The lowest BCUT2D eigenvalue weighted by Crippen LogP contribution is -2.11. The molecule has 0 aromatic carbocycles. The molecule has 0 radical (unpaired) electrons. The summed E-state index contributed by atoms with van der Waals surface area (Å²) in [4.78, 5) is 5.55. The Morgan fingerprint density at radius 3 is 2.70 bits per heavy atom. The maximum Gasteiger partial charge on any atom is 0.214 e. The first-order chi connectivity index (χ1) is 10.8. The first kappa shape index (κ1) is 16.0. The summed E-state index contributed by atoms with van der Waals surface area (Å²) in [5.74, 6) is 1.50. The van der Waals surface area contributed by atoms with Gasteiger partial charge in [-0.1, -0.05) is 46.0 Å². The molecule has 0 aliphatic heterocycles. The van der Waals surface area contributed by atoms with Gasteiger partial charge >= 0.3 is 0 Å². The maximum absolute atomic E-state index is 4.65. The molecule has 1 N–H and O–H groups in total. The zero-order valence-corrected chi connectivity index (χ0v) is 15.2. The number of hydrogen-bond donors (Lipinski definition) is 1. The molecule has 0 bridgehead atoms. The van der Waals surface area contributed by atoms with Crippen molar-refractivity contribution in [3.63, 3.8) is 0 Å². The average molecular weight is 332 g/mol. The smallest absolute Gasteiger partial charge is 0.214 e. The molecule has 3 aromatic rings. The Labute approximate surface area is 140 Å². The highest BCUT2D eigenvalue weighted by Gasteiger charge is 2.19. The summed E-state index contributed by atoms with van der Waals surface area (Å²) in [6.07, 6.45) is 5.13. The molecule has 23 heavy (non-hydrogen) atoms. The number of hydrogen-bond acceptors (Lipinski definition) is 5. The third-order valence-corrected chi connectivity index (χ3v) is 4.46. The van der Waals surface area contributed by atoms with Gasteiger partial charge in [-0.15, -0.1) is 5.10 Å². The Morgan fingerprint density at radius 2 is 2.04 bits per heavy atom. The molecule has 124 valence electrons. The highest BCUT2D eigenvalue weighted by molar-refractivity contribution is 7.20. The van der Waals surface area contributed by atoms with Gasteiger partial charge in [0.1, 0.15) is 0 Å². The summed E-state index contributed by atoms with van der Waals surface area (Å²) in [6, 6.07) is 1.98. The molecule has 6 nitrogen and oxygen atoms in total. The fourth-order valence-corrected chi connectivity index (χ4v) is 2.95. The molecule has 0 saturated carbocycles. The first-order valence-corrected chi connectivity index (χ1v) is 8.80. The van der Waals surface area contributed by atoms with Gasteiger partial charge in [-0.2, -0.15) is 5.10 Å². The SMILES string of the molecule is CC(C)CCn1ccc(Nc2nn3cc(C(C)(C)C)nc3s2)n1. The van der Waals surface area contributed by atoms with Crippen LogP contribution in [0.4, 0.5) is 10.9 Å². The van der Waals surface area contributed by atoms with E-state index in [1.54, 1.807) is 0 Å². The van der Waals surface area contributed by atoms with Crippen molar-refractivity contribution in [2.24, 2.45) is 5.92 Å². The van der Waals surface area contributed by atoms with Crippen LogP contribution < -0.4 is 5.32 Å². The van der Waals surface area contributed by atoms with Crippen LogP contribution in [0.3, 0.4) is 0 Å². The Morgan fingerprint density at radius 1 is 1.26 bits per heavy atom. The van der Waals surface area contributed by atoms with Crippen LogP contribution in [0.5, 0.6) is 0 Å². The van der Waals surface area contributed by atoms with E-state index in [1.807, 2.05) is 27.7 Å². The number of fused-ring (bicyclic) bond motifs is 1. The summed E-state index contributed by atoms with van der Waals surface area (Å²) in [7, 11) is 0. The van der Waals surface area contributed by atoms with E-state index < -0.39 is 0 Å². The molecule has 3 rings (SSSR count). The van der Waals surface area contributed by atoms with E-state index >= 15 is 0 Å². The second-order valence-corrected chi connectivity index (χ2v) is 8.24. The van der Waals surface area contributed by atoms with E-state index in [2.05, 4.69) is 55.1 Å². The van der Waals surface area contributed by atoms with Crippen molar-refractivity contribution in [3.8, 4) is 0 Å². The van der Waals surface area contributed by atoms with Crippen LogP contribution in [0, 0.1) is 5.92 Å². The Balaban J connectivity index is 1.71. The van der Waals surface area contributed by atoms with Crippen LogP contribution in [-0.2, 0) is 12.0 Å².